The Morgan fingerprint density at radius 1 is 1.15 bits per heavy atom. The van der Waals surface area contributed by atoms with Crippen LogP contribution in [0.15, 0.2) is 47.6 Å². The zero-order valence-corrected chi connectivity index (χ0v) is 14.0. The Morgan fingerprint density at radius 3 is 2.44 bits per heavy atom. The third-order valence-corrected chi connectivity index (χ3v) is 3.71. The lowest BCUT2D eigenvalue weighted by Gasteiger charge is -2.11. The van der Waals surface area contributed by atoms with E-state index in [-0.39, 0.29) is 27.3 Å². The number of hydrogen-bond acceptors (Lipinski definition) is 6. The second-order valence-electron chi connectivity index (χ2n) is 5.25. The van der Waals surface area contributed by atoms with Crippen LogP contribution >= 0.6 is 11.6 Å². The number of aromatic nitrogens is 2. The summed E-state index contributed by atoms with van der Waals surface area (Å²) in [6.45, 7) is 0. The lowest BCUT2D eigenvalue weighted by Crippen LogP contribution is -2.13. The van der Waals surface area contributed by atoms with Gasteiger partial charge in [0.15, 0.2) is 11.5 Å². The van der Waals surface area contributed by atoms with E-state index in [2.05, 4.69) is 20.5 Å². The highest BCUT2D eigenvalue weighted by Crippen LogP contribution is 2.33. The Hall–Kier alpha value is -3.27. The number of rotatable bonds is 4. The molecule has 3 aromatic rings. The van der Waals surface area contributed by atoms with Crippen molar-refractivity contribution in [2.75, 3.05) is 5.43 Å². The van der Waals surface area contributed by atoms with Crippen LogP contribution in [0, 0.1) is 10.1 Å². The van der Waals surface area contributed by atoms with Gasteiger partial charge in [0.1, 0.15) is 5.02 Å². The number of para-hydroxylation sites is 2. The molecule has 0 aliphatic carbocycles. The third-order valence-electron chi connectivity index (χ3n) is 3.39. The molecule has 7 nitrogen and oxygen atoms in total. The first-order chi connectivity index (χ1) is 12.8. The minimum atomic E-state index is -4.74. The molecular weight excluding hydrogens is 387 g/mol. The second kappa shape index (κ2) is 7.16. The molecule has 1 aromatic heterocycles. The molecule has 0 saturated heterocycles. The largest absolute Gasteiger partial charge is 0.437 e. The van der Waals surface area contributed by atoms with Gasteiger partial charge in [-0.05, 0) is 18.2 Å². The van der Waals surface area contributed by atoms with Crippen molar-refractivity contribution in [1.82, 2.24) is 9.97 Å². The van der Waals surface area contributed by atoms with E-state index in [1.54, 1.807) is 12.1 Å². The van der Waals surface area contributed by atoms with Crippen LogP contribution in [0.1, 0.15) is 11.3 Å². The molecule has 27 heavy (non-hydrogen) atoms. The van der Waals surface area contributed by atoms with Crippen LogP contribution in [0.2, 0.25) is 5.02 Å². The van der Waals surface area contributed by atoms with Crippen molar-refractivity contribution < 1.29 is 18.1 Å². The normalized spacial score (nSPS) is 11.9. The first kappa shape index (κ1) is 18.5. The zero-order valence-electron chi connectivity index (χ0n) is 13.2. The molecule has 0 aliphatic heterocycles. The number of hydrogen-bond donors (Lipinski definition) is 1. The van der Waals surface area contributed by atoms with E-state index in [0.29, 0.717) is 0 Å². The van der Waals surface area contributed by atoms with Gasteiger partial charge in [0.05, 0.1) is 22.2 Å². The van der Waals surface area contributed by atoms with Crippen LogP contribution in [-0.4, -0.2) is 21.1 Å². The summed E-state index contributed by atoms with van der Waals surface area (Å²) < 4.78 is 39.7. The highest BCUT2D eigenvalue weighted by molar-refractivity contribution is 6.32. The molecule has 0 saturated carbocycles. The molecule has 0 amide bonds. The van der Waals surface area contributed by atoms with Gasteiger partial charge in [-0.3, -0.25) is 15.5 Å². The van der Waals surface area contributed by atoms with E-state index in [1.165, 1.54) is 24.3 Å². The summed E-state index contributed by atoms with van der Waals surface area (Å²) in [5, 5.41) is 14.5. The van der Waals surface area contributed by atoms with Gasteiger partial charge in [-0.1, -0.05) is 29.8 Å². The number of nitro groups is 1. The Balaban J connectivity index is 1.93. The molecule has 0 radical (unpaired) electrons. The van der Waals surface area contributed by atoms with Gasteiger partial charge in [-0.2, -0.15) is 18.3 Å². The van der Waals surface area contributed by atoms with Crippen LogP contribution in [0.5, 0.6) is 0 Å². The van der Waals surface area contributed by atoms with E-state index in [1.807, 2.05) is 0 Å². The molecule has 11 heteroatoms. The Morgan fingerprint density at radius 2 is 1.81 bits per heavy atom. The quantitative estimate of drug-likeness (QED) is 0.394. The summed E-state index contributed by atoms with van der Waals surface area (Å²) in [7, 11) is 0. The van der Waals surface area contributed by atoms with Crippen molar-refractivity contribution in [2.24, 2.45) is 5.10 Å². The Labute approximate surface area is 154 Å². The molecule has 0 aliphatic rings. The molecule has 0 bridgehead atoms. The predicted octanol–water partition coefficient (Wildman–Crippen LogP) is 4.66. The fraction of sp³-hybridized carbons (Fsp3) is 0.0625. The smallest absolute Gasteiger partial charge is 0.260 e. The van der Waals surface area contributed by atoms with Gasteiger partial charge >= 0.3 is 6.18 Å². The van der Waals surface area contributed by atoms with Gasteiger partial charge in [0.25, 0.3) is 5.69 Å². The van der Waals surface area contributed by atoms with Crippen molar-refractivity contribution in [3.63, 3.8) is 0 Å². The van der Waals surface area contributed by atoms with E-state index in [0.717, 1.165) is 12.3 Å². The summed E-state index contributed by atoms with van der Waals surface area (Å²) in [6.07, 6.45) is -3.63. The first-order valence-corrected chi connectivity index (χ1v) is 7.70. The van der Waals surface area contributed by atoms with Gasteiger partial charge in [0, 0.05) is 11.6 Å². The molecule has 0 unspecified atom stereocenters. The lowest BCUT2D eigenvalue weighted by atomic mass is 10.2. The summed E-state index contributed by atoms with van der Waals surface area (Å²) in [4.78, 5) is 17.7. The Kier molecular flexibility index (Phi) is 4.91. The number of fused-ring (bicyclic) bond motifs is 1. The maximum absolute atomic E-state index is 13.2. The van der Waals surface area contributed by atoms with Crippen LogP contribution in [0.25, 0.3) is 11.0 Å². The van der Waals surface area contributed by atoms with E-state index in [4.69, 9.17) is 11.6 Å². The Bertz CT molecular complexity index is 1060. The summed E-state index contributed by atoms with van der Waals surface area (Å²) in [5.74, 6) is -0.582. The molecular formula is C16H9ClF3N5O2. The molecule has 3 rings (SSSR count). The lowest BCUT2D eigenvalue weighted by molar-refractivity contribution is -0.384. The molecule has 0 spiro atoms. The van der Waals surface area contributed by atoms with Crippen LogP contribution in [0.3, 0.4) is 0 Å². The molecule has 0 fully saturated rings. The fourth-order valence-electron chi connectivity index (χ4n) is 2.19. The molecule has 138 valence electrons. The number of anilines is 1. The number of halogens is 4. The second-order valence-corrected chi connectivity index (χ2v) is 5.65. The third kappa shape index (κ3) is 4.11. The standard InChI is InChI=1S/C16H9ClF3N5O2/c17-10-6-5-9(7-13(10)25(26)27)8-21-24-15-14(16(18,19)20)22-11-3-1-2-4-12(11)23-15/h1-8H,(H,23,24). The van der Waals surface area contributed by atoms with Gasteiger partial charge in [-0.15, -0.1) is 0 Å². The monoisotopic (exact) mass is 395 g/mol. The highest BCUT2D eigenvalue weighted by Gasteiger charge is 2.37. The minimum Gasteiger partial charge on any atom is -0.260 e. The molecule has 1 N–H and O–H groups in total. The number of nitrogens with one attached hydrogen (secondary N) is 1. The van der Waals surface area contributed by atoms with Crippen molar-refractivity contribution >= 4 is 40.4 Å². The van der Waals surface area contributed by atoms with Crippen molar-refractivity contribution in [1.29, 1.82) is 0 Å². The zero-order chi connectivity index (χ0) is 19.6. The average molecular weight is 396 g/mol. The fourth-order valence-corrected chi connectivity index (χ4v) is 2.38. The highest BCUT2D eigenvalue weighted by atomic mass is 35.5. The number of hydrazone groups is 1. The SMILES string of the molecule is O=[N+]([O-])c1cc(C=NNc2nc3ccccc3nc2C(F)(F)F)ccc1Cl. The van der Waals surface area contributed by atoms with Crippen molar-refractivity contribution in [2.45, 2.75) is 6.18 Å². The van der Waals surface area contributed by atoms with E-state index >= 15 is 0 Å². The van der Waals surface area contributed by atoms with Crippen molar-refractivity contribution in [3.8, 4) is 0 Å². The van der Waals surface area contributed by atoms with E-state index < -0.39 is 22.6 Å². The minimum absolute atomic E-state index is 0.0649. The van der Waals surface area contributed by atoms with Crippen molar-refractivity contribution in [3.05, 3.63) is 68.9 Å². The number of nitrogens with zero attached hydrogens (tertiary/aromatic N) is 4. The first-order valence-electron chi connectivity index (χ1n) is 7.32. The average Bonchev–Trinajstić information content (AvgIpc) is 2.61. The maximum Gasteiger partial charge on any atom is 0.437 e. The van der Waals surface area contributed by atoms with Gasteiger partial charge < -0.3 is 0 Å². The number of alkyl halides is 3. The summed E-state index contributed by atoms with van der Waals surface area (Å²) in [5.41, 5.74) is 1.24. The number of benzene rings is 2. The topological polar surface area (TPSA) is 93.3 Å². The van der Waals surface area contributed by atoms with Crippen LogP contribution < -0.4 is 5.43 Å². The molecule has 2 aromatic carbocycles. The van der Waals surface area contributed by atoms with Gasteiger partial charge in [0.2, 0.25) is 0 Å². The predicted molar refractivity (Wildman–Crippen MR) is 93.9 cm³/mol. The molecule has 0 atom stereocenters. The van der Waals surface area contributed by atoms with Crippen LogP contribution in [-0.2, 0) is 6.18 Å². The summed E-state index contributed by atoms with van der Waals surface area (Å²) >= 11 is 5.70. The van der Waals surface area contributed by atoms with E-state index in [9.17, 15) is 23.3 Å². The number of nitro benzene ring substituents is 1. The summed E-state index contributed by atoms with van der Waals surface area (Å²) in [6, 6.07) is 9.96. The maximum atomic E-state index is 13.2. The molecule has 1 heterocycles. The van der Waals surface area contributed by atoms with Crippen LogP contribution in [0.4, 0.5) is 24.7 Å². The van der Waals surface area contributed by atoms with Gasteiger partial charge in [-0.25, -0.2) is 9.97 Å².